The zero-order valence-electron chi connectivity index (χ0n) is 11.5. The van der Waals surface area contributed by atoms with Gasteiger partial charge in [0.05, 0.1) is 16.7 Å². The molecule has 1 saturated carbocycles. The van der Waals surface area contributed by atoms with Crippen LogP contribution in [0.5, 0.6) is 0 Å². The van der Waals surface area contributed by atoms with E-state index in [9.17, 15) is 8.42 Å². The smallest absolute Gasteiger partial charge is 0.245 e. The van der Waals surface area contributed by atoms with Gasteiger partial charge in [0.1, 0.15) is 4.90 Å². The fourth-order valence-corrected chi connectivity index (χ4v) is 4.81. The van der Waals surface area contributed by atoms with Gasteiger partial charge in [-0.1, -0.05) is 39.1 Å². The number of hydrogen-bond acceptors (Lipinski definition) is 3. The molecule has 0 bridgehead atoms. The lowest BCUT2D eigenvalue weighted by atomic mass is 10.4. The molecular formula is C13H16BrCl2NO3S. The molecule has 0 saturated heterocycles. The maximum absolute atomic E-state index is 12.5. The molecular weight excluding hydrogens is 401 g/mol. The summed E-state index contributed by atoms with van der Waals surface area (Å²) in [5.74, 6) is 0.655. The summed E-state index contributed by atoms with van der Waals surface area (Å²) < 4.78 is 32.3. The molecule has 118 valence electrons. The van der Waals surface area contributed by atoms with Crippen LogP contribution in [-0.4, -0.2) is 39.5 Å². The van der Waals surface area contributed by atoms with Crippen molar-refractivity contribution >= 4 is 49.2 Å². The number of benzene rings is 1. The Morgan fingerprint density at radius 2 is 1.90 bits per heavy atom. The van der Waals surface area contributed by atoms with E-state index in [1.54, 1.807) is 0 Å². The maximum atomic E-state index is 12.5. The molecule has 1 aromatic rings. The topological polar surface area (TPSA) is 46.6 Å². The number of rotatable bonds is 7. The number of halogens is 3. The van der Waals surface area contributed by atoms with Crippen LogP contribution >= 0.6 is 39.1 Å². The van der Waals surface area contributed by atoms with Crippen molar-refractivity contribution in [1.29, 1.82) is 0 Å². The maximum Gasteiger partial charge on any atom is 0.245 e. The van der Waals surface area contributed by atoms with Crippen molar-refractivity contribution in [2.75, 3.05) is 26.8 Å². The van der Waals surface area contributed by atoms with Crippen molar-refractivity contribution in [3.05, 3.63) is 26.7 Å². The summed E-state index contributed by atoms with van der Waals surface area (Å²) in [6, 6.07) is 3.02. The van der Waals surface area contributed by atoms with Gasteiger partial charge in [-0.2, -0.15) is 4.31 Å². The third-order valence-corrected chi connectivity index (χ3v) is 6.47. The molecule has 8 heteroatoms. The molecule has 2 rings (SSSR count). The molecule has 1 aliphatic rings. The largest absolute Gasteiger partial charge is 0.380 e. The monoisotopic (exact) mass is 415 g/mol. The van der Waals surface area contributed by atoms with E-state index in [0.717, 1.165) is 0 Å². The van der Waals surface area contributed by atoms with Crippen molar-refractivity contribution in [2.45, 2.75) is 17.7 Å². The summed E-state index contributed by atoms with van der Waals surface area (Å²) in [6.07, 6.45) is 2.41. The zero-order chi connectivity index (χ0) is 15.6. The lowest BCUT2D eigenvalue weighted by molar-refractivity contribution is 0.117. The highest BCUT2D eigenvalue weighted by atomic mass is 79.9. The zero-order valence-corrected chi connectivity index (χ0v) is 15.4. The first-order valence-electron chi connectivity index (χ1n) is 6.51. The summed E-state index contributed by atoms with van der Waals surface area (Å²) in [7, 11) is -2.24. The standard InChI is InChI=1S/C13H16BrCl2NO3S/c1-17(4-5-20-8-9-2-3-9)21(18,19)13-11(15)6-10(14)7-12(13)16/h6-7,9H,2-5,8H2,1H3. The van der Waals surface area contributed by atoms with Crippen LogP contribution in [0.1, 0.15) is 12.8 Å². The van der Waals surface area contributed by atoms with Crippen LogP contribution in [0, 0.1) is 5.92 Å². The molecule has 0 atom stereocenters. The Morgan fingerprint density at radius 1 is 1.33 bits per heavy atom. The van der Waals surface area contributed by atoms with Gasteiger partial charge in [0, 0.05) is 24.7 Å². The normalized spacial score (nSPS) is 15.7. The number of sulfonamides is 1. The Hall–Kier alpha value is 0.150. The molecule has 0 unspecified atom stereocenters. The van der Waals surface area contributed by atoms with Crippen molar-refractivity contribution in [3.63, 3.8) is 0 Å². The SMILES string of the molecule is CN(CCOCC1CC1)S(=O)(=O)c1c(Cl)cc(Br)cc1Cl. The molecule has 1 aliphatic carbocycles. The molecule has 0 radical (unpaired) electrons. The fourth-order valence-electron chi connectivity index (χ4n) is 1.78. The number of nitrogens with zero attached hydrogens (tertiary/aromatic N) is 1. The van der Waals surface area contributed by atoms with Gasteiger partial charge in [0.25, 0.3) is 0 Å². The molecule has 0 N–H and O–H groups in total. The first-order valence-corrected chi connectivity index (χ1v) is 9.50. The Balaban J connectivity index is 2.05. The number of ether oxygens (including phenoxy) is 1. The van der Waals surface area contributed by atoms with Crippen molar-refractivity contribution < 1.29 is 13.2 Å². The van der Waals surface area contributed by atoms with Gasteiger partial charge in [-0.25, -0.2) is 8.42 Å². The highest BCUT2D eigenvalue weighted by molar-refractivity contribution is 9.10. The Kier molecular flexibility index (Phi) is 5.96. The highest BCUT2D eigenvalue weighted by Gasteiger charge is 2.27. The van der Waals surface area contributed by atoms with E-state index >= 15 is 0 Å². The van der Waals surface area contributed by atoms with E-state index in [0.29, 0.717) is 23.6 Å². The van der Waals surface area contributed by atoms with Crippen LogP contribution in [0.15, 0.2) is 21.5 Å². The average molecular weight is 417 g/mol. The summed E-state index contributed by atoms with van der Waals surface area (Å²) in [5.41, 5.74) is 0. The quantitative estimate of drug-likeness (QED) is 0.635. The van der Waals surface area contributed by atoms with Crippen LogP contribution in [0.25, 0.3) is 0 Å². The van der Waals surface area contributed by atoms with E-state index in [-0.39, 0.29) is 21.5 Å². The van der Waals surface area contributed by atoms with Gasteiger partial charge in [-0.3, -0.25) is 0 Å². The van der Waals surface area contributed by atoms with Crippen LogP contribution in [0.4, 0.5) is 0 Å². The van der Waals surface area contributed by atoms with E-state index < -0.39 is 10.0 Å². The molecule has 4 nitrogen and oxygen atoms in total. The highest BCUT2D eigenvalue weighted by Crippen LogP contribution is 2.34. The molecule has 0 amide bonds. The number of hydrogen-bond donors (Lipinski definition) is 0. The van der Waals surface area contributed by atoms with Crippen molar-refractivity contribution in [3.8, 4) is 0 Å². The average Bonchev–Trinajstić information content (AvgIpc) is 3.16. The molecule has 21 heavy (non-hydrogen) atoms. The van der Waals surface area contributed by atoms with Crippen molar-refractivity contribution in [1.82, 2.24) is 4.31 Å². The van der Waals surface area contributed by atoms with E-state index in [1.807, 2.05) is 0 Å². The molecule has 1 aromatic carbocycles. The van der Waals surface area contributed by atoms with Gasteiger partial charge in [-0.15, -0.1) is 0 Å². The van der Waals surface area contributed by atoms with Gasteiger partial charge in [0.2, 0.25) is 10.0 Å². The van der Waals surface area contributed by atoms with E-state index in [1.165, 1.54) is 36.3 Å². The van der Waals surface area contributed by atoms with E-state index in [4.69, 9.17) is 27.9 Å². The van der Waals surface area contributed by atoms with Crippen LogP contribution < -0.4 is 0 Å². The van der Waals surface area contributed by atoms with Crippen molar-refractivity contribution in [2.24, 2.45) is 5.92 Å². The first kappa shape index (κ1) is 17.5. The van der Waals surface area contributed by atoms with E-state index in [2.05, 4.69) is 15.9 Å². The Morgan fingerprint density at radius 3 is 2.43 bits per heavy atom. The second-order valence-corrected chi connectivity index (χ2v) is 8.76. The second-order valence-electron chi connectivity index (χ2n) is 5.04. The minimum atomic E-state index is -3.73. The van der Waals surface area contributed by atoms with Crippen LogP contribution in [0.2, 0.25) is 10.0 Å². The molecule has 0 heterocycles. The molecule has 0 aromatic heterocycles. The number of likely N-dealkylation sites (N-methyl/N-ethyl adjacent to an activating group) is 1. The molecule has 0 aliphatic heterocycles. The minimum Gasteiger partial charge on any atom is -0.380 e. The second kappa shape index (κ2) is 7.15. The van der Waals surface area contributed by atoms with Crippen LogP contribution in [-0.2, 0) is 14.8 Å². The Bertz CT molecular complexity index is 597. The summed E-state index contributed by atoms with van der Waals surface area (Å²) in [6.45, 7) is 1.32. The third kappa shape index (κ3) is 4.56. The predicted octanol–water partition coefficient (Wildman–Crippen LogP) is 3.80. The summed E-state index contributed by atoms with van der Waals surface area (Å²) in [5, 5.41) is 0.195. The molecule has 0 spiro atoms. The molecule has 1 fully saturated rings. The fraction of sp³-hybridized carbons (Fsp3) is 0.538. The first-order chi connectivity index (χ1) is 9.82. The lowest BCUT2D eigenvalue weighted by Gasteiger charge is -2.19. The van der Waals surface area contributed by atoms with Gasteiger partial charge in [-0.05, 0) is 30.9 Å². The summed E-state index contributed by atoms with van der Waals surface area (Å²) >= 11 is 15.3. The predicted molar refractivity (Wildman–Crippen MR) is 87.5 cm³/mol. The van der Waals surface area contributed by atoms with Crippen LogP contribution in [0.3, 0.4) is 0 Å². The summed E-state index contributed by atoms with van der Waals surface area (Å²) in [4.78, 5) is -0.0706. The minimum absolute atomic E-state index is 0.0706. The van der Waals surface area contributed by atoms with Gasteiger partial charge in [0.15, 0.2) is 0 Å². The van der Waals surface area contributed by atoms with Gasteiger partial charge >= 0.3 is 0 Å². The van der Waals surface area contributed by atoms with Gasteiger partial charge < -0.3 is 4.74 Å². The third-order valence-electron chi connectivity index (χ3n) is 3.23. The lowest BCUT2D eigenvalue weighted by Crippen LogP contribution is -2.31. The Labute approximate surface area is 143 Å².